The molecule has 1 aromatic heterocycles. The molecule has 0 aliphatic heterocycles. The first-order valence-electron chi connectivity index (χ1n) is 7.76. The summed E-state index contributed by atoms with van der Waals surface area (Å²) in [5, 5.41) is 12.2. The van der Waals surface area contributed by atoms with Gasteiger partial charge in [0.1, 0.15) is 0 Å². The number of benzene rings is 1. The summed E-state index contributed by atoms with van der Waals surface area (Å²) in [6, 6.07) is 5.99. The Hall–Kier alpha value is -1.91. The van der Waals surface area contributed by atoms with E-state index in [2.05, 4.69) is 35.4 Å². The minimum Gasteiger partial charge on any atom is -0.398 e. The maximum Gasteiger partial charge on any atom is 0.184 e. The maximum absolute atomic E-state index is 6.10. The fourth-order valence-electron chi connectivity index (χ4n) is 3.35. The fourth-order valence-corrected chi connectivity index (χ4v) is 3.35. The molecule has 5 nitrogen and oxygen atoms in total. The van der Waals surface area contributed by atoms with E-state index >= 15 is 0 Å². The molecule has 1 aromatic carbocycles. The highest BCUT2D eigenvalue weighted by Gasteiger charge is 2.21. The first kappa shape index (κ1) is 14.0. The summed E-state index contributed by atoms with van der Waals surface area (Å²) in [5.74, 6) is 2.27. The lowest BCUT2D eigenvalue weighted by Crippen LogP contribution is -2.20. The van der Waals surface area contributed by atoms with Crippen LogP contribution in [0, 0.1) is 18.8 Å². The Morgan fingerprint density at radius 3 is 3.00 bits per heavy atom. The molecule has 1 fully saturated rings. The van der Waals surface area contributed by atoms with Gasteiger partial charge in [-0.25, -0.2) is 4.68 Å². The zero-order valence-electron chi connectivity index (χ0n) is 12.8. The van der Waals surface area contributed by atoms with Crippen molar-refractivity contribution in [1.82, 2.24) is 20.2 Å². The molecule has 2 unspecified atom stereocenters. The number of anilines is 1. The molecule has 1 heterocycles. The summed E-state index contributed by atoms with van der Waals surface area (Å²) in [6.45, 7) is 5.28. The molecular weight excluding hydrogens is 262 g/mol. The van der Waals surface area contributed by atoms with Gasteiger partial charge < -0.3 is 5.73 Å². The van der Waals surface area contributed by atoms with Crippen molar-refractivity contribution in [3.05, 3.63) is 23.8 Å². The lowest BCUT2D eigenvalue weighted by atomic mass is 9.82. The second-order valence-corrected chi connectivity index (χ2v) is 6.41. The number of hydrogen-bond donors (Lipinski definition) is 1. The van der Waals surface area contributed by atoms with Gasteiger partial charge in [-0.2, -0.15) is 0 Å². The van der Waals surface area contributed by atoms with E-state index in [1.54, 1.807) is 0 Å². The summed E-state index contributed by atoms with van der Waals surface area (Å²) in [5.41, 5.74) is 8.93. The molecule has 0 bridgehead atoms. The molecule has 0 saturated heterocycles. The Bertz CT molecular complexity index is 619. The molecule has 0 spiro atoms. The standard InChI is InChI=1S/C16H23N5/c1-11-4-3-5-13(8-11)10-21-16(18-19-20-21)14-9-12(2)6-7-15(14)17/h6-7,9,11,13H,3-5,8,10,17H2,1-2H3. The van der Waals surface area contributed by atoms with E-state index < -0.39 is 0 Å². The highest BCUT2D eigenvalue weighted by molar-refractivity contribution is 5.71. The highest BCUT2D eigenvalue weighted by Crippen LogP contribution is 2.31. The quantitative estimate of drug-likeness (QED) is 0.880. The van der Waals surface area contributed by atoms with Gasteiger partial charge in [0.25, 0.3) is 0 Å². The molecule has 2 aromatic rings. The molecule has 0 radical (unpaired) electrons. The van der Waals surface area contributed by atoms with E-state index in [0.29, 0.717) is 5.92 Å². The number of tetrazole rings is 1. The van der Waals surface area contributed by atoms with Crippen molar-refractivity contribution < 1.29 is 0 Å². The second-order valence-electron chi connectivity index (χ2n) is 6.41. The van der Waals surface area contributed by atoms with Gasteiger partial charge in [0, 0.05) is 17.8 Å². The molecular formula is C16H23N5. The van der Waals surface area contributed by atoms with Crippen molar-refractivity contribution in [2.24, 2.45) is 11.8 Å². The van der Waals surface area contributed by atoms with Crippen molar-refractivity contribution in [3.8, 4) is 11.4 Å². The van der Waals surface area contributed by atoms with Crippen molar-refractivity contribution in [1.29, 1.82) is 0 Å². The number of aryl methyl sites for hydroxylation is 1. The molecule has 2 atom stereocenters. The van der Waals surface area contributed by atoms with Gasteiger partial charge in [0.15, 0.2) is 5.82 Å². The summed E-state index contributed by atoms with van der Waals surface area (Å²) in [6.07, 6.45) is 5.20. The van der Waals surface area contributed by atoms with Crippen molar-refractivity contribution in [2.75, 3.05) is 5.73 Å². The SMILES string of the molecule is Cc1ccc(N)c(-c2nnnn2CC2CCCC(C)C2)c1. The molecule has 1 saturated carbocycles. The molecule has 2 N–H and O–H groups in total. The van der Waals surface area contributed by atoms with Gasteiger partial charge in [-0.05, 0) is 54.2 Å². The van der Waals surface area contributed by atoms with Crippen LogP contribution in [-0.4, -0.2) is 20.2 Å². The van der Waals surface area contributed by atoms with Gasteiger partial charge in [0.05, 0.1) is 0 Å². The van der Waals surface area contributed by atoms with Crippen LogP contribution in [-0.2, 0) is 6.54 Å². The molecule has 5 heteroatoms. The third-order valence-corrected chi connectivity index (χ3v) is 4.46. The van der Waals surface area contributed by atoms with E-state index in [9.17, 15) is 0 Å². The molecule has 0 amide bonds. The molecule has 1 aliphatic carbocycles. The second kappa shape index (κ2) is 5.84. The van der Waals surface area contributed by atoms with Gasteiger partial charge in [-0.15, -0.1) is 5.10 Å². The Kier molecular flexibility index (Phi) is 3.90. The Labute approximate surface area is 125 Å². The van der Waals surface area contributed by atoms with E-state index in [1.165, 1.54) is 31.2 Å². The first-order chi connectivity index (χ1) is 10.1. The van der Waals surface area contributed by atoms with Crippen LogP contribution in [0.4, 0.5) is 5.69 Å². The molecule has 21 heavy (non-hydrogen) atoms. The predicted octanol–water partition coefficient (Wildman–Crippen LogP) is 3.06. The molecule has 1 aliphatic rings. The first-order valence-corrected chi connectivity index (χ1v) is 7.76. The highest BCUT2D eigenvalue weighted by atomic mass is 15.5. The number of nitrogens with zero attached hydrogens (tertiary/aromatic N) is 4. The van der Waals surface area contributed by atoms with Crippen molar-refractivity contribution >= 4 is 5.69 Å². The topological polar surface area (TPSA) is 69.6 Å². The number of aromatic nitrogens is 4. The van der Waals surface area contributed by atoms with Crippen LogP contribution in [0.3, 0.4) is 0 Å². The predicted molar refractivity (Wildman–Crippen MR) is 83.5 cm³/mol. The lowest BCUT2D eigenvalue weighted by molar-refractivity contribution is 0.249. The zero-order valence-corrected chi connectivity index (χ0v) is 12.8. The van der Waals surface area contributed by atoms with Crippen molar-refractivity contribution in [2.45, 2.75) is 46.1 Å². The summed E-state index contributed by atoms with van der Waals surface area (Å²) >= 11 is 0. The van der Waals surface area contributed by atoms with Crippen LogP contribution in [0.1, 0.15) is 38.2 Å². The Morgan fingerprint density at radius 1 is 1.33 bits per heavy atom. The van der Waals surface area contributed by atoms with Crippen LogP contribution < -0.4 is 5.73 Å². The van der Waals surface area contributed by atoms with Crippen LogP contribution >= 0.6 is 0 Å². The largest absolute Gasteiger partial charge is 0.398 e. The van der Waals surface area contributed by atoms with E-state index in [1.807, 2.05) is 16.8 Å². The van der Waals surface area contributed by atoms with E-state index in [4.69, 9.17) is 5.73 Å². The summed E-state index contributed by atoms with van der Waals surface area (Å²) in [7, 11) is 0. The van der Waals surface area contributed by atoms with Crippen LogP contribution in [0.15, 0.2) is 18.2 Å². The van der Waals surface area contributed by atoms with Crippen molar-refractivity contribution in [3.63, 3.8) is 0 Å². The Morgan fingerprint density at radius 2 is 2.19 bits per heavy atom. The third-order valence-electron chi connectivity index (χ3n) is 4.46. The Balaban J connectivity index is 1.85. The van der Waals surface area contributed by atoms with Crippen LogP contribution in [0.5, 0.6) is 0 Å². The average Bonchev–Trinajstić information content (AvgIpc) is 2.89. The molecule has 3 rings (SSSR count). The third kappa shape index (κ3) is 3.06. The normalized spacial score (nSPS) is 22.4. The zero-order chi connectivity index (χ0) is 14.8. The van der Waals surface area contributed by atoms with Gasteiger partial charge in [-0.1, -0.05) is 31.4 Å². The fraction of sp³-hybridized carbons (Fsp3) is 0.562. The number of rotatable bonds is 3. The number of nitrogens with two attached hydrogens (primary N) is 1. The maximum atomic E-state index is 6.10. The minimum absolute atomic E-state index is 0.669. The summed E-state index contributed by atoms with van der Waals surface area (Å²) in [4.78, 5) is 0. The average molecular weight is 285 g/mol. The van der Waals surface area contributed by atoms with E-state index in [0.717, 1.165) is 29.5 Å². The van der Waals surface area contributed by atoms with Crippen LogP contribution in [0.2, 0.25) is 0 Å². The van der Waals surface area contributed by atoms with Gasteiger partial charge in [0.2, 0.25) is 0 Å². The lowest BCUT2D eigenvalue weighted by Gasteiger charge is -2.26. The van der Waals surface area contributed by atoms with Crippen LogP contribution in [0.25, 0.3) is 11.4 Å². The minimum atomic E-state index is 0.669. The molecule has 112 valence electrons. The smallest absolute Gasteiger partial charge is 0.184 e. The van der Waals surface area contributed by atoms with Gasteiger partial charge in [-0.3, -0.25) is 0 Å². The summed E-state index contributed by atoms with van der Waals surface area (Å²) < 4.78 is 1.92. The number of hydrogen-bond acceptors (Lipinski definition) is 4. The number of nitrogen functional groups attached to an aromatic ring is 1. The van der Waals surface area contributed by atoms with E-state index in [-0.39, 0.29) is 0 Å². The monoisotopic (exact) mass is 285 g/mol. The van der Waals surface area contributed by atoms with Gasteiger partial charge >= 0.3 is 0 Å².